The maximum absolute atomic E-state index is 12.3. The Morgan fingerprint density at radius 1 is 1.38 bits per heavy atom. The molecular formula is C15H16ClF3N2O3. The minimum Gasteiger partial charge on any atom is -0.449 e. The molecule has 1 aromatic heterocycles. The van der Waals surface area contributed by atoms with Crippen LogP contribution in [0.3, 0.4) is 0 Å². The van der Waals surface area contributed by atoms with Crippen LogP contribution in [0.25, 0.3) is 0 Å². The Balaban J connectivity index is 2.16. The summed E-state index contributed by atoms with van der Waals surface area (Å²) in [5, 5.41) is 0.373. The Labute approximate surface area is 141 Å². The van der Waals surface area contributed by atoms with E-state index in [0.717, 1.165) is 6.42 Å². The molecular weight excluding hydrogens is 349 g/mol. The quantitative estimate of drug-likeness (QED) is 0.597. The average molecular weight is 365 g/mol. The van der Waals surface area contributed by atoms with Gasteiger partial charge in [0.2, 0.25) is 0 Å². The summed E-state index contributed by atoms with van der Waals surface area (Å²) in [6.45, 7) is 0.356. The summed E-state index contributed by atoms with van der Waals surface area (Å²) in [7, 11) is 0. The molecule has 2 atom stereocenters. The average Bonchev–Trinajstić information content (AvgIpc) is 2.51. The van der Waals surface area contributed by atoms with Crippen molar-refractivity contribution >= 4 is 23.5 Å². The first kappa shape index (κ1) is 18.5. The van der Waals surface area contributed by atoms with Gasteiger partial charge in [-0.2, -0.15) is 13.2 Å². The first-order chi connectivity index (χ1) is 11.2. The second kappa shape index (κ2) is 7.38. The number of piperidine rings is 1. The molecule has 2 rings (SSSR count). The Hall–Kier alpha value is -1.83. The van der Waals surface area contributed by atoms with Crippen LogP contribution >= 0.6 is 11.6 Å². The predicted octanol–water partition coefficient (Wildman–Crippen LogP) is 3.14. The van der Waals surface area contributed by atoms with Crippen LogP contribution in [0.2, 0.25) is 5.02 Å². The van der Waals surface area contributed by atoms with Crippen molar-refractivity contribution in [3.05, 3.63) is 29.0 Å². The molecule has 0 N–H and O–H groups in total. The lowest BCUT2D eigenvalue weighted by Gasteiger charge is -2.38. The second-order valence-corrected chi connectivity index (χ2v) is 6.22. The van der Waals surface area contributed by atoms with Crippen LogP contribution in [0.4, 0.5) is 13.2 Å². The van der Waals surface area contributed by atoms with Gasteiger partial charge in [-0.15, -0.1) is 0 Å². The van der Waals surface area contributed by atoms with Crippen molar-refractivity contribution in [3.63, 3.8) is 0 Å². The number of hydrogen-bond acceptors (Lipinski definition) is 4. The zero-order chi connectivity index (χ0) is 17.9. The first-order valence-electron chi connectivity index (χ1n) is 7.32. The summed E-state index contributed by atoms with van der Waals surface area (Å²) >= 11 is 5.90. The summed E-state index contributed by atoms with van der Waals surface area (Å²) in [5.74, 6) is -2.48. The van der Waals surface area contributed by atoms with Crippen molar-refractivity contribution in [3.8, 4) is 0 Å². The fourth-order valence-electron chi connectivity index (χ4n) is 2.66. The van der Waals surface area contributed by atoms with E-state index in [0.29, 0.717) is 17.0 Å². The molecule has 1 amide bonds. The van der Waals surface area contributed by atoms with Crippen LogP contribution in [-0.2, 0) is 14.3 Å². The van der Waals surface area contributed by atoms with E-state index in [1.165, 1.54) is 17.3 Å². The number of carbonyl (C=O) groups is 2. The molecule has 24 heavy (non-hydrogen) atoms. The van der Waals surface area contributed by atoms with Crippen LogP contribution < -0.4 is 0 Å². The predicted molar refractivity (Wildman–Crippen MR) is 79.1 cm³/mol. The smallest absolute Gasteiger partial charge is 0.422 e. The lowest BCUT2D eigenvalue weighted by Crippen LogP contribution is -2.45. The molecule has 0 saturated carbocycles. The second-order valence-electron chi connectivity index (χ2n) is 5.78. The van der Waals surface area contributed by atoms with E-state index in [4.69, 9.17) is 11.6 Å². The number of amides is 1. The third-order valence-corrected chi connectivity index (χ3v) is 3.94. The molecule has 1 aromatic rings. The summed E-state index contributed by atoms with van der Waals surface area (Å²) in [6, 6.07) is 1.15. The number of rotatable bonds is 2. The van der Waals surface area contributed by atoms with Crippen molar-refractivity contribution in [2.75, 3.05) is 13.2 Å². The SMILES string of the molecule is C[C@H]1CC[C@H](c2cncc(Cl)c2)N(C(=O)C(=O)OCC(F)(F)F)C1. The van der Waals surface area contributed by atoms with E-state index in [1.54, 1.807) is 6.07 Å². The van der Waals surface area contributed by atoms with Gasteiger partial charge in [0.15, 0.2) is 6.61 Å². The van der Waals surface area contributed by atoms with Gasteiger partial charge in [0.05, 0.1) is 11.1 Å². The van der Waals surface area contributed by atoms with Gasteiger partial charge in [0.1, 0.15) is 0 Å². The fraction of sp³-hybridized carbons (Fsp3) is 0.533. The highest BCUT2D eigenvalue weighted by Crippen LogP contribution is 2.34. The van der Waals surface area contributed by atoms with Gasteiger partial charge in [-0.1, -0.05) is 18.5 Å². The van der Waals surface area contributed by atoms with Crippen molar-refractivity contribution < 1.29 is 27.5 Å². The van der Waals surface area contributed by atoms with Crippen LogP contribution in [0.5, 0.6) is 0 Å². The number of hydrogen-bond donors (Lipinski definition) is 0. The van der Waals surface area contributed by atoms with Crippen molar-refractivity contribution in [1.29, 1.82) is 0 Å². The summed E-state index contributed by atoms with van der Waals surface area (Å²) < 4.78 is 40.5. The van der Waals surface area contributed by atoms with Gasteiger partial charge in [-0.05, 0) is 30.4 Å². The Morgan fingerprint density at radius 2 is 2.08 bits per heavy atom. The Kier molecular flexibility index (Phi) is 5.69. The monoisotopic (exact) mass is 364 g/mol. The van der Waals surface area contributed by atoms with E-state index in [-0.39, 0.29) is 12.5 Å². The molecule has 132 valence electrons. The molecule has 1 aliphatic rings. The highest BCUT2D eigenvalue weighted by molar-refractivity contribution is 6.32. The third kappa shape index (κ3) is 4.83. The van der Waals surface area contributed by atoms with Gasteiger partial charge >= 0.3 is 18.1 Å². The largest absolute Gasteiger partial charge is 0.449 e. The lowest BCUT2D eigenvalue weighted by atomic mass is 9.90. The highest BCUT2D eigenvalue weighted by atomic mass is 35.5. The van der Waals surface area contributed by atoms with E-state index in [2.05, 4.69) is 9.72 Å². The van der Waals surface area contributed by atoms with Gasteiger partial charge < -0.3 is 9.64 Å². The maximum Gasteiger partial charge on any atom is 0.422 e. The summed E-state index contributed by atoms with van der Waals surface area (Å²) in [6.07, 6.45) is -0.366. The minimum atomic E-state index is -4.68. The molecule has 1 saturated heterocycles. The molecule has 0 spiro atoms. The molecule has 0 unspecified atom stereocenters. The number of ether oxygens (including phenoxy) is 1. The fourth-order valence-corrected chi connectivity index (χ4v) is 2.84. The number of aromatic nitrogens is 1. The molecule has 9 heteroatoms. The van der Waals surface area contributed by atoms with Gasteiger partial charge in [0, 0.05) is 18.9 Å². The van der Waals surface area contributed by atoms with Gasteiger partial charge in [-0.25, -0.2) is 4.79 Å². The molecule has 0 aromatic carbocycles. The number of likely N-dealkylation sites (tertiary alicyclic amines) is 1. The Morgan fingerprint density at radius 3 is 2.71 bits per heavy atom. The van der Waals surface area contributed by atoms with E-state index in [1.807, 2.05) is 6.92 Å². The molecule has 0 aliphatic carbocycles. The van der Waals surface area contributed by atoms with Crippen molar-refractivity contribution in [2.45, 2.75) is 32.0 Å². The molecule has 0 bridgehead atoms. The first-order valence-corrected chi connectivity index (χ1v) is 7.70. The Bertz CT molecular complexity index is 624. The topological polar surface area (TPSA) is 59.5 Å². The van der Waals surface area contributed by atoms with Crippen molar-refractivity contribution in [2.24, 2.45) is 5.92 Å². The standard InChI is InChI=1S/C15H16ClF3N2O3/c1-9-2-3-12(10-4-11(16)6-20-5-10)21(7-9)13(22)14(23)24-8-15(17,18)19/h4-6,9,12H,2-3,7-8H2,1H3/t9-,12+/m0/s1. The van der Waals surface area contributed by atoms with E-state index < -0.39 is 30.7 Å². The number of alkyl halides is 3. The molecule has 1 fully saturated rings. The number of halogens is 4. The van der Waals surface area contributed by atoms with Crippen LogP contribution in [-0.4, -0.2) is 41.1 Å². The lowest BCUT2D eigenvalue weighted by molar-refractivity contribution is -0.190. The zero-order valence-electron chi connectivity index (χ0n) is 12.8. The molecule has 2 heterocycles. The van der Waals surface area contributed by atoms with Crippen LogP contribution in [0.15, 0.2) is 18.5 Å². The number of carbonyl (C=O) groups excluding carboxylic acids is 2. The summed E-state index contributed by atoms with van der Waals surface area (Å²) in [5.41, 5.74) is 0.631. The van der Waals surface area contributed by atoms with E-state index in [9.17, 15) is 22.8 Å². The van der Waals surface area contributed by atoms with Crippen LogP contribution in [0.1, 0.15) is 31.4 Å². The molecule has 0 radical (unpaired) electrons. The minimum absolute atomic E-state index is 0.118. The summed E-state index contributed by atoms with van der Waals surface area (Å²) in [4.78, 5) is 29.1. The highest BCUT2D eigenvalue weighted by Gasteiger charge is 2.37. The van der Waals surface area contributed by atoms with Gasteiger partial charge in [0.25, 0.3) is 0 Å². The zero-order valence-corrected chi connectivity index (χ0v) is 13.6. The van der Waals surface area contributed by atoms with E-state index >= 15 is 0 Å². The maximum atomic E-state index is 12.3. The number of esters is 1. The normalized spacial score (nSPS) is 21.5. The molecule has 1 aliphatic heterocycles. The molecule has 5 nitrogen and oxygen atoms in total. The van der Waals surface area contributed by atoms with Crippen molar-refractivity contribution in [1.82, 2.24) is 9.88 Å². The number of pyridine rings is 1. The third-order valence-electron chi connectivity index (χ3n) is 3.73. The number of nitrogens with zero attached hydrogens (tertiary/aromatic N) is 2. The van der Waals surface area contributed by atoms with Gasteiger partial charge in [-0.3, -0.25) is 9.78 Å². The van der Waals surface area contributed by atoms with Crippen LogP contribution in [0, 0.1) is 5.92 Å².